The Balaban J connectivity index is 1.18. The minimum atomic E-state index is -0.350. The highest BCUT2D eigenvalue weighted by Gasteiger charge is 2.49. The molecule has 3 heterocycles. The fourth-order valence-electron chi connectivity index (χ4n) is 5.15. The van der Waals surface area contributed by atoms with Gasteiger partial charge in [-0.15, -0.1) is 11.3 Å². The van der Waals surface area contributed by atoms with Crippen molar-refractivity contribution in [2.75, 3.05) is 26.2 Å². The van der Waals surface area contributed by atoms with Crippen molar-refractivity contribution in [3.63, 3.8) is 0 Å². The highest BCUT2D eigenvalue weighted by Crippen LogP contribution is 2.43. The quantitative estimate of drug-likeness (QED) is 0.842. The van der Waals surface area contributed by atoms with Crippen LogP contribution < -0.4 is 5.73 Å². The van der Waals surface area contributed by atoms with Gasteiger partial charge in [-0.25, -0.2) is 0 Å². The number of piperidine rings is 1. The van der Waals surface area contributed by atoms with Gasteiger partial charge in [-0.1, -0.05) is 6.07 Å². The summed E-state index contributed by atoms with van der Waals surface area (Å²) in [6.07, 6.45) is 3.33. The molecule has 7 heteroatoms. The number of fused-ring (bicyclic) bond motifs is 1. The summed E-state index contributed by atoms with van der Waals surface area (Å²) in [5.41, 5.74) is 6.32. The number of thiophene rings is 1. The fraction of sp³-hybridized carbons (Fsp3) is 0.500. The zero-order chi connectivity index (χ0) is 20.2. The molecule has 2 atom stereocenters. The Labute approximate surface area is 173 Å². The molecule has 152 valence electrons. The molecule has 1 spiro atoms. The molecule has 6 nitrogen and oxygen atoms in total. The monoisotopic (exact) mass is 411 g/mol. The Morgan fingerprint density at radius 3 is 2.38 bits per heavy atom. The Hall–Kier alpha value is -2.41. The third-order valence-corrected chi connectivity index (χ3v) is 8.04. The van der Waals surface area contributed by atoms with Crippen LogP contribution in [0.2, 0.25) is 0 Å². The number of carbonyl (C=O) groups is 3. The summed E-state index contributed by atoms with van der Waals surface area (Å²) in [7, 11) is 0. The maximum absolute atomic E-state index is 13.0. The van der Waals surface area contributed by atoms with Gasteiger partial charge in [-0.3, -0.25) is 14.4 Å². The van der Waals surface area contributed by atoms with Crippen LogP contribution in [0.4, 0.5) is 0 Å². The number of primary amides is 1. The predicted octanol–water partition coefficient (Wildman–Crippen LogP) is 2.48. The van der Waals surface area contributed by atoms with Crippen LogP contribution in [-0.2, 0) is 9.59 Å². The van der Waals surface area contributed by atoms with Gasteiger partial charge < -0.3 is 15.5 Å². The van der Waals surface area contributed by atoms with Crippen LogP contribution in [0.25, 0.3) is 10.1 Å². The topological polar surface area (TPSA) is 83.7 Å². The number of hydrogen-bond acceptors (Lipinski definition) is 4. The van der Waals surface area contributed by atoms with Gasteiger partial charge in [0.2, 0.25) is 11.8 Å². The normalized spacial score (nSPS) is 25.5. The lowest BCUT2D eigenvalue weighted by Crippen LogP contribution is -2.62. The molecule has 1 aromatic carbocycles. The molecule has 1 aromatic heterocycles. The van der Waals surface area contributed by atoms with Crippen LogP contribution in [0.3, 0.4) is 0 Å². The lowest BCUT2D eigenvalue weighted by Gasteiger charge is -2.54. The molecule has 2 N–H and O–H groups in total. The van der Waals surface area contributed by atoms with E-state index in [0.717, 1.165) is 54.4 Å². The molecule has 3 fully saturated rings. The molecule has 5 rings (SSSR count). The second kappa shape index (κ2) is 6.83. The van der Waals surface area contributed by atoms with Crippen molar-refractivity contribution < 1.29 is 14.4 Å². The first-order chi connectivity index (χ1) is 14.0. The van der Waals surface area contributed by atoms with Gasteiger partial charge >= 0.3 is 0 Å². The number of amides is 3. The van der Waals surface area contributed by atoms with Gasteiger partial charge in [0.15, 0.2) is 0 Å². The van der Waals surface area contributed by atoms with Crippen molar-refractivity contribution in [2.24, 2.45) is 23.0 Å². The number of likely N-dealkylation sites (tertiary alicyclic amines) is 2. The van der Waals surface area contributed by atoms with E-state index in [-0.39, 0.29) is 35.0 Å². The summed E-state index contributed by atoms with van der Waals surface area (Å²) < 4.78 is 1.14. The standard InChI is InChI=1S/C22H25N3O3S/c23-19(26)15-4-5-17(15)20(27)24-9-7-22(8-10-24)12-25(13-22)21(28)16-2-1-3-18-14(16)6-11-29-18/h1-3,6,11,15,17H,4-5,7-10,12-13H2,(H2,23,26). The summed E-state index contributed by atoms with van der Waals surface area (Å²) in [5.74, 6) is -0.651. The van der Waals surface area contributed by atoms with Crippen LogP contribution in [0.15, 0.2) is 29.6 Å². The number of nitrogens with two attached hydrogens (primary N) is 1. The second-order valence-electron chi connectivity index (χ2n) is 8.82. The zero-order valence-electron chi connectivity index (χ0n) is 16.3. The first-order valence-electron chi connectivity index (χ1n) is 10.3. The highest BCUT2D eigenvalue weighted by molar-refractivity contribution is 7.17. The van der Waals surface area contributed by atoms with E-state index in [9.17, 15) is 14.4 Å². The maximum atomic E-state index is 13.0. The molecule has 1 saturated carbocycles. The average molecular weight is 412 g/mol. The van der Waals surface area contributed by atoms with E-state index in [1.807, 2.05) is 39.4 Å². The smallest absolute Gasteiger partial charge is 0.254 e. The molecule has 29 heavy (non-hydrogen) atoms. The number of hydrogen-bond donors (Lipinski definition) is 1. The summed E-state index contributed by atoms with van der Waals surface area (Å²) in [4.78, 5) is 41.0. The van der Waals surface area contributed by atoms with Crippen molar-refractivity contribution in [3.8, 4) is 0 Å². The van der Waals surface area contributed by atoms with Gasteiger partial charge in [-0.2, -0.15) is 0 Å². The number of benzene rings is 1. The lowest BCUT2D eigenvalue weighted by molar-refractivity contribution is -0.149. The molecule has 0 bridgehead atoms. The summed E-state index contributed by atoms with van der Waals surface area (Å²) in [6, 6.07) is 7.93. The minimum absolute atomic E-state index is 0.0892. The molecule has 2 aromatic rings. The Bertz CT molecular complexity index is 984. The summed E-state index contributed by atoms with van der Waals surface area (Å²) in [5, 5.41) is 3.06. The number of rotatable bonds is 3. The zero-order valence-corrected chi connectivity index (χ0v) is 17.1. The van der Waals surface area contributed by atoms with E-state index >= 15 is 0 Å². The van der Waals surface area contributed by atoms with E-state index in [0.29, 0.717) is 13.1 Å². The van der Waals surface area contributed by atoms with E-state index in [4.69, 9.17) is 5.73 Å². The van der Waals surface area contributed by atoms with E-state index in [2.05, 4.69) is 0 Å². The first kappa shape index (κ1) is 18.6. The largest absolute Gasteiger partial charge is 0.369 e. The van der Waals surface area contributed by atoms with Gasteiger partial charge in [0.25, 0.3) is 5.91 Å². The SMILES string of the molecule is NC(=O)C1CCC1C(=O)N1CCC2(CC1)CN(C(=O)c1cccc3sccc13)C2. The second-order valence-corrected chi connectivity index (χ2v) is 9.76. The summed E-state index contributed by atoms with van der Waals surface area (Å²) >= 11 is 1.65. The van der Waals surface area contributed by atoms with Crippen molar-refractivity contribution in [3.05, 3.63) is 35.2 Å². The van der Waals surface area contributed by atoms with Gasteiger partial charge in [0.05, 0.1) is 0 Å². The van der Waals surface area contributed by atoms with Crippen molar-refractivity contribution in [1.82, 2.24) is 9.80 Å². The van der Waals surface area contributed by atoms with Crippen LogP contribution in [0.5, 0.6) is 0 Å². The Morgan fingerprint density at radius 2 is 1.72 bits per heavy atom. The Kier molecular flexibility index (Phi) is 4.38. The molecule has 2 unspecified atom stereocenters. The lowest BCUT2D eigenvalue weighted by atomic mass is 9.70. The number of carbonyl (C=O) groups excluding carboxylic acids is 3. The summed E-state index contributed by atoms with van der Waals surface area (Å²) in [6.45, 7) is 2.95. The van der Waals surface area contributed by atoms with Crippen LogP contribution in [0.1, 0.15) is 36.0 Å². The molecule has 1 aliphatic carbocycles. The van der Waals surface area contributed by atoms with Crippen LogP contribution in [0, 0.1) is 17.3 Å². The molecule has 3 amide bonds. The maximum Gasteiger partial charge on any atom is 0.254 e. The van der Waals surface area contributed by atoms with E-state index in [1.54, 1.807) is 11.3 Å². The molecule has 2 saturated heterocycles. The molecule has 2 aliphatic heterocycles. The van der Waals surface area contributed by atoms with E-state index in [1.165, 1.54) is 0 Å². The molecular weight excluding hydrogens is 386 g/mol. The van der Waals surface area contributed by atoms with Crippen molar-refractivity contribution in [2.45, 2.75) is 25.7 Å². The van der Waals surface area contributed by atoms with Gasteiger partial charge in [-0.05, 0) is 49.3 Å². The molecule has 0 radical (unpaired) electrons. The number of nitrogens with zero attached hydrogens (tertiary/aromatic N) is 2. The van der Waals surface area contributed by atoms with Gasteiger partial charge in [0, 0.05) is 59.1 Å². The van der Waals surface area contributed by atoms with E-state index < -0.39 is 0 Å². The van der Waals surface area contributed by atoms with Crippen molar-refractivity contribution >= 4 is 39.1 Å². The van der Waals surface area contributed by atoms with Gasteiger partial charge in [0.1, 0.15) is 0 Å². The molecular formula is C22H25N3O3S. The van der Waals surface area contributed by atoms with Crippen LogP contribution >= 0.6 is 11.3 Å². The first-order valence-corrected chi connectivity index (χ1v) is 11.2. The van der Waals surface area contributed by atoms with Crippen molar-refractivity contribution in [1.29, 1.82) is 0 Å². The highest BCUT2D eigenvalue weighted by atomic mass is 32.1. The molecule has 3 aliphatic rings. The van der Waals surface area contributed by atoms with Crippen LogP contribution in [-0.4, -0.2) is 53.7 Å². The minimum Gasteiger partial charge on any atom is -0.369 e. The third kappa shape index (κ3) is 3.03. The third-order valence-electron chi connectivity index (χ3n) is 7.16. The Morgan fingerprint density at radius 1 is 1.00 bits per heavy atom. The average Bonchev–Trinajstić information content (AvgIpc) is 3.13. The predicted molar refractivity (Wildman–Crippen MR) is 111 cm³/mol. The fourth-order valence-corrected chi connectivity index (χ4v) is 5.96.